The number of alkyl halides is 3. The molecule has 1 heterocycles. The number of H-pyrrole nitrogens is 1. The van der Waals surface area contributed by atoms with Gasteiger partial charge in [-0.05, 0) is 12.1 Å². The zero-order chi connectivity index (χ0) is 15.6. The van der Waals surface area contributed by atoms with Gasteiger partial charge in [0.25, 0.3) is 5.69 Å². The van der Waals surface area contributed by atoms with E-state index in [4.69, 9.17) is 0 Å². The fraction of sp³-hybridized carbons (Fsp3) is 0.182. The van der Waals surface area contributed by atoms with Gasteiger partial charge in [0, 0.05) is 17.1 Å². The van der Waals surface area contributed by atoms with Gasteiger partial charge in [-0.15, -0.1) is 0 Å². The first-order valence-electron chi connectivity index (χ1n) is 5.53. The average molecular weight is 319 g/mol. The molecule has 0 radical (unpaired) electrons. The molecule has 0 spiro atoms. The zero-order valence-electron chi connectivity index (χ0n) is 10.2. The first-order valence-corrected chi connectivity index (χ1v) is 6.41. The lowest BCUT2D eigenvalue weighted by Crippen LogP contribution is -2.08. The van der Waals surface area contributed by atoms with Crippen LogP contribution < -0.4 is 10.2 Å². The summed E-state index contributed by atoms with van der Waals surface area (Å²) in [6, 6.07) is 2.22. The van der Waals surface area contributed by atoms with Crippen LogP contribution in [-0.4, -0.2) is 9.91 Å². The number of aromatic amines is 1. The molecule has 0 saturated carbocycles. The molecule has 1 aromatic carbocycles. The number of nitrogens with zero attached hydrogens (tertiary/aromatic N) is 1. The second-order valence-electron chi connectivity index (χ2n) is 4.01. The van der Waals surface area contributed by atoms with Crippen molar-refractivity contribution in [3.8, 4) is 0 Å². The van der Waals surface area contributed by atoms with Crippen LogP contribution in [0.4, 0.5) is 24.5 Å². The van der Waals surface area contributed by atoms with Gasteiger partial charge in [0.2, 0.25) is 0 Å². The van der Waals surface area contributed by atoms with Crippen molar-refractivity contribution < 1.29 is 18.1 Å². The van der Waals surface area contributed by atoms with Crippen LogP contribution in [0.5, 0.6) is 0 Å². The fourth-order valence-corrected chi connectivity index (χ4v) is 2.18. The van der Waals surface area contributed by atoms with Crippen molar-refractivity contribution in [2.75, 3.05) is 5.32 Å². The minimum Gasteiger partial charge on any atom is -0.374 e. The van der Waals surface area contributed by atoms with E-state index in [0.717, 1.165) is 23.5 Å². The summed E-state index contributed by atoms with van der Waals surface area (Å²) < 4.78 is 37.6. The molecule has 0 fully saturated rings. The van der Waals surface area contributed by atoms with Gasteiger partial charge in [-0.25, -0.2) is 0 Å². The molecule has 21 heavy (non-hydrogen) atoms. The largest absolute Gasteiger partial charge is 0.416 e. The Bertz CT molecular complexity index is 723. The summed E-state index contributed by atoms with van der Waals surface area (Å²) in [6.07, 6.45) is -4.65. The van der Waals surface area contributed by atoms with Crippen LogP contribution >= 0.6 is 11.3 Å². The SMILES string of the molecule is O=c1[nH]c(CNc2ccc(C(F)(F)F)cc2[N+](=O)[O-])cs1. The molecule has 0 bridgehead atoms. The highest BCUT2D eigenvalue weighted by Gasteiger charge is 2.32. The number of hydrogen-bond acceptors (Lipinski definition) is 5. The quantitative estimate of drug-likeness (QED) is 0.670. The number of thiazole rings is 1. The van der Waals surface area contributed by atoms with Crippen LogP contribution in [0.3, 0.4) is 0 Å². The fourth-order valence-electron chi connectivity index (χ4n) is 1.60. The normalized spacial score (nSPS) is 11.4. The van der Waals surface area contributed by atoms with Crippen LogP contribution in [0.25, 0.3) is 0 Å². The summed E-state index contributed by atoms with van der Waals surface area (Å²) in [7, 11) is 0. The Labute approximate surface area is 119 Å². The first-order chi connectivity index (χ1) is 9.77. The van der Waals surface area contributed by atoms with Gasteiger partial charge in [-0.2, -0.15) is 13.2 Å². The molecule has 0 amide bonds. The van der Waals surface area contributed by atoms with E-state index in [0.29, 0.717) is 11.8 Å². The van der Waals surface area contributed by atoms with E-state index < -0.39 is 22.4 Å². The molecule has 0 aliphatic heterocycles. The van der Waals surface area contributed by atoms with Crippen molar-refractivity contribution in [2.45, 2.75) is 12.7 Å². The summed E-state index contributed by atoms with van der Waals surface area (Å²) in [6.45, 7) is 0.0605. The molecule has 0 saturated heterocycles. The number of aromatic nitrogens is 1. The first kappa shape index (κ1) is 15.0. The maximum atomic E-state index is 12.5. The Morgan fingerprint density at radius 2 is 2.10 bits per heavy atom. The molecular formula is C11H8F3N3O3S. The highest BCUT2D eigenvalue weighted by atomic mass is 32.1. The standard InChI is InChI=1S/C11H8F3N3O3S/c12-11(13,14)6-1-2-8(9(3-6)17(19)20)15-4-7-5-21-10(18)16-7/h1-3,5,15H,4H2,(H,16,18). The van der Waals surface area contributed by atoms with Crippen molar-refractivity contribution in [1.29, 1.82) is 0 Å². The van der Waals surface area contributed by atoms with Crippen LogP contribution in [0.1, 0.15) is 11.3 Å². The summed E-state index contributed by atoms with van der Waals surface area (Å²) in [5, 5.41) is 15.0. The summed E-state index contributed by atoms with van der Waals surface area (Å²) in [5.41, 5.74) is -1.34. The zero-order valence-corrected chi connectivity index (χ0v) is 11.0. The molecular weight excluding hydrogens is 311 g/mol. The summed E-state index contributed by atoms with van der Waals surface area (Å²) in [5.74, 6) is 0. The number of nitrogens with one attached hydrogen (secondary N) is 2. The van der Waals surface area contributed by atoms with Crippen molar-refractivity contribution in [3.05, 3.63) is 54.6 Å². The van der Waals surface area contributed by atoms with Gasteiger partial charge >= 0.3 is 11.0 Å². The predicted molar refractivity (Wildman–Crippen MR) is 70.4 cm³/mol. The molecule has 2 rings (SSSR count). The molecule has 112 valence electrons. The smallest absolute Gasteiger partial charge is 0.374 e. The number of benzene rings is 1. The summed E-state index contributed by atoms with van der Waals surface area (Å²) in [4.78, 5) is 23.1. The van der Waals surface area contributed by atoms with Crippen LogP contribution in [0.15, 0.2) is 28.4 Å². The number of nitro groups is 1. The monoisotopic (exact) mass is 319 g/mol. The third-order valence-corrected chi connectivity index (χ3v) is 3.28. The predicted octanol–water partition coefficient (Wildman–Crippen LogP) is 2.98. The molecule has 10 heteroatoms. The third-order valence-electron chi connectivity index (χ3n) is 2.56. The lowest BCUT2D eigenvalue weighted by Gasteiger charge is -2.10. The molecule has 0 atom stereocenters. The minimum absolute atomic E-state index is 0.0555. The Hall–Kier alpha value is -2.36. The van der Waals surface area contributed by atoms with Crippen molar-refractivity contribution >= 4 is 22.7 Å². The van der Waals surface area contributed by atoms with Gasteiger partial charge in [0.15, 0.2) is 0 Å². The number of halogens is 3. The maximum absolute atomic E-state index is 12.5. The number of nitro benzene ring substituents is 1. The Kier molecular flexibility index (Phi) is 3.98. The van der Waals surface area contributed by atoms with Gasteiger partial charge in [0.1, 0.15) is 5.69 Å². The second-order valence-corrected chi connectivity index (χ2v) is 4.86. The van der Waals surface area contributed by atoms with Crippen LogP contribution in [-0.2, 0) is 12.7 Å². The second kappa shape index (κ2) is 5.56. The average Bonchev–Trinajstić information content (AvgIpc) is 2.80. The Morgan fingerprint density at radius 3 is 2.62 bits per heavy atom. The van der Waals surface area contributed by atoms with E-state index >= 15 is 0 Å². The van der Waals surface area contributed by atoms with E-state index in [1.807, 2.05) is 0 Å². The number of anilines is 1. The molecule has 6 nitrogen and oxygen atoms in total. The molecule has 2 aromatic rings. The number of hydrogen-bond donors (Lipinski definition) is 2. The molecule has 0 aliphatic rings. The maximum Gasteiger partial charge on any atom is 0.416 e. The molecule has 2 N–H and O–H groups in total. The summed E-state index contributed by atoms with van der Waals surface area (Å²) >= 11 is 0.922. The van der Waals surface area contributed by atoms with E-state index in [9.17, 15) is 28.1 Å². The lowest BCUT2D eigenvalue weighted by molar-refractivity contribution is -0.384. The van der Waals surface area contributed by atoms with E-state index in [-0.39, 0.29) is 17.1 Å². The highest BCUT2D eigenvalue weighted by Crippen LogP contribution is 2.35. The van der Waals surface area contributed by atoms with Crippen molar-refractivity contribution in [1.82, 2.24) is 4.98 Å². The van der Waals surface area contributed by atoms with Gasteiger partial charge in [-0.3, -0.25) is 14.9 Å². The van der Waals surface area contributed by atoms with E-state index in [1.165, 1.54) is 5.38 Å². The van der Waals surface area contributed by atoms with Crippen molar-refractivity contribution in [2.24, 2.45) is 0 Å². The van der Waals surface area contributed by atoms with E-state index in [2.05, 4.69) is 10.3 Å². The van der Waals surface area contributed by atoms with Gasteiger partial charge in [-0.1, -0.05) is 11.3 Å². The van der Waals surface area contributed by atoms with Crippen LogP contribution in [0.2, 0.25) is 0 Å². The third kappa shape index (κ3) is 3.60. The Balaban J connectivity index is 2.26. The van der Waals surface area contributed by atoms with Gasteiger partial charge in [0.05, 0.1) is 17.0 Å². The van der Waals surface area contributed by atoms with E-state index in [1.54, 1.807) is 0 Å². The topological polar surface area (TPSA) is 88.0 Å². The molecule has 0 aliphatic carbocycles. The molecule has 0 unspecified atom stereocenters. The van der Waals surface area contributed by atoms with Crippen molar-refractivity contribution in [3.63, 3.8) is 0 Å². The Morgan fingerprint density at radius 1 is 1.38 bits per heavy atom. The number of rotatable bonds is 4. The van der Waals surface area contributed by atoms with Gasteiger partial charge < -0.3 is 10.3 Å². The lowest BCUT2D eigenvalue weighted by atomic mass is 10.1. The highest BCUT2D eigenvalue weighted by molar-refractivity contribution is 7.07. The minimum atomic E-state index is -4.65. The molecule has 1 aromatic heterocycles. The van der Waals surface area contributed by atoms with Crippen LogP contribution in [0, 0.1) is 10.1 Å².